The number of rotatable bonds is 8. The molecule has 7 unspecified atom stereocenters. The summed E-state index contributed by atoms with van der Waals surface area (Å²) in [6.45, 7) is 1.38. The van der Waals surface area contributed by atoms with Crippen LogP contribution in [0.25, 0.3) is 10.9 Å². The standard InChI is InChI=1S/C33H42N3O9/c1-39-19-7-8-20-21-9-10-36(34)16-18-13-27(45-32(37)17-11-25(40-2)30(42-4)26(12-17)41-3)31(43-5)28(33(38)44-6)22(18)15-24(36)29(21)35-23(20)14-19/h7-8,11-12,14,18,22,24,27-28,31,35H,9-10,13,15-16,34H2,1-6H3/q+1. The number of aromatic nitrogens is 1. The number of carbonyl (C=O) groups excluding carboxylic acids is 2. The number of methoxy groups -OCH3 is 6. The second-order valence-corrected chi connectivity index (χ2v) is 12.2. The van der Waals surface area contributed by atoms with E-state index in [9.17, 15) is 9.59 Å². The fourth-order valence-electron chi connectivity index (χ4n) is 8.10. The van der Waals surface area contributed by atoms with Crippen molar-refractivity contribution in [2.45, 2.75) is 37.5 Å². The average Bonchev–Trinajstić information content (AvgIpc) is 3.43. The molecule has 12 nitrogen and oxygen atoms in total. The maximum Gasteiger partial charge on any atom is 0.338 e. The molecule has 2 aromatic carbocycles. The number of fused-ring (bicyclic) bond motifs is 6. The van der Waals surface area contributed by atoms with Crippen LogP contribution in [0.5, 0.6) is 23.0 Å². The van der Waals surface area contributed by atoms with Gasteiger partial charge in [0.2, 0.25) is 5.75 Å². The number of H-pyrrole nitrogens is 1. The highest BCUT2D eigenvalue weighted by Gasteiger charge is 2.59. The summed E-state index contributed by atoms with van der Waals surface area (Å²) in [7, 11) is 9.03. The molecule has 0 amide bonds. The first kappa shape index (κ1) is 31.0. The van der Waals surface area contributed by atoms with Gasteiger partial charge in [0.05, 0.1) is 59.3 Å². The molecule has 3 aromatic rings. The second kappa shape index (κ2) is 12.1. The smallest absolute Gasteiger partial charge is 0.338 e. The summed E-state index contributed by atoms with van der Waals surface area (Å²) in [5.41, 5.74) is 3.61. The Bertz CT molecular complexity index is 1580. The number of nitrogens with one attached hydrogen (secondary N) is 1. The fraction of sp³-hybridized carbons (Fsp3) is 0.515. The van der Waals surface area contributed by atoms with Crippen molar-refractivity contribution in [3.63, 3.8) is 0 Å². The van der Waals surface area contributed by atoms with Gasteiger partial charge in [-0.05, 0) is 42.2 Å². The third-order valence-corrected chi connectivity index (χ3v) is 10.2. The summed E-state index contributed by atoms with van der Waals surface area (Å²) in [6.07, 6.45) is 0.555. The molecular formula is C33H42N3O9+. The summed E-state index contributed by atoms with van der Waals surface area (Å²) in [5, 5.41) is 1.17. The minimum Gasteiger partial charge on any atom is -0.497 e. The number of esters is 2. The molecule has 3 aliphatic rings. The first-order valence-corrected chi connectivity index (χ1v) is 15.2. The Morgan fingerprint density at radius 2 is 1.67 bits per heavy atom. The van der Waals surface area contributed by atoms with E-state index in [4.69, 9.17) is 39.0 Å². The highest BCUT2D eigenvalue weighted by Crippen LogP contribution is 2.52. The lowest BCUT2D eigenvalue weighted by Gasteiger charge is -2.55. The molecule has 7 atom stereocenters. The van der Waals surface area contributed by atoms with E-state index in [0.717, 1.165) is 29.9 Å². The summed E-state index contributed by atoms with van der Waals surface area (Å²) in [4.78, 5) is 30.7. The van der Waals surface area contributed by atoms with Gasteiger partial charge in [-0.2, -0.15) is 5.84 Å². The van der Waals surface area contributed by atoms with Crippen molar-refractivity contribution in [3.8, 4) is 23.0 Å². The minimum atomic E-state index is -0.712. The first-order valence-electron chi connectivity index (χ1n) is 15.2. The molecule has 2 aliphatic heterocycles. The Morgan fingerprint density at radius 3 is 2.29 bits per heavy atom. The van der Waals surface area contributed by atoms with Crippen LogP contribution < -0.4 is 24.8 Å². The van der Waals surface area contributed by atoms with Crippen LogP contribution >= 0.6 is 0 Å². The van der Waals surface area contributed by atoms with Crippen molar-refractivity contribution in [2.75, 3.05) is 55.7 Å². The van der Waals surface area contributed by atoms with Crippen molar-refractivity contribution in [3.05, 3.63) is 47.2 Å². The van der Waals surface area contributed by atoms with Gasteiger partial charge in [-0.3, -0.25) is 4.79 Å². The van der Waals surface area contributed by atoms with Gasteiger partial charge in [0.25, 0.3) is 0 Å². The number of hydrogen-bond acceptors (Lipinski definition) is 10. The topological polar surface area (TPSA) is 141 Å². The van der Waals surface area contributed by atoms with Crippen molar-refractivity contribution in [1.82, 2.24) is 4.98 Å². The van der Waals surface area contributed by atoms with Gasteiger partial charge in [0.1, 0.15) is 30.5 Å². The van der Waals surface area contributed by atoms with Crippen LogP contribution in [-0.4, -0.2) is 89.5 Å². The number of benzene rings is 2. The largest absolute Gasteiger partial charge is 0.497 e. The van der Waals surface area contributed by atoms with E-state index in [-0.39, 0.29) is 29.4 Å². The molecule has 0 radical (unpaired) electrons. The van der Waals surface area contributed by atoms with Crippen LogP contribution in [0.4, 0.5) is 0 Å². The van der Waals surface area contributed by atoms with Crippen LogP contribution in [0.2, 0.25) is 0 Å². The molecule has 1 saturated heterocycles. The number of nitrogens with two attached hydrogens (primary N) is 1. The zero-order chi connectivity index (χ0) is 32.0. The summed E-state index contributed by atoms with van der Waals surface area (Å²) < 4.78 is 39.5. The van der Waals surface area contributed by atoms with E-state index in [2.05, 4.69) is 11.1 Å². The number of ether oxygens (including phenoxy) is 7. The van der Waals surface area contributed by atoms with E-state index in [1.54, 1.807) is 19.2 Å². The van der Waals surface area contributed by atoms with E-state index < -0.39 is 24.1 Å². The molecule has 3 heterocycles. The monoisotopic (exact) mass is 624 g/mol. The van der Waals surface area contributed by atoms with Crippen LogP contribution in [0.3, 0.4) is 0 Å². The molecular weight excluding hydrogens is 582 g/mol. The van der Waals surface area contributed by atoms with E-state index in [1.807, 2.05) is 12.1 Å². The van der Waals surface area contributed by atoms with E-state index in [1.165, 1.54) is 46.5 Å². The quantitative estimate of drug-likeness (QED) is 0.217. The maximum atomic E-state index is 13.6. The Morgan fingerprint density at radius 1 is 0.933 bits per heavy atom. The molecule has 242 valence electrons. The van der Waals surface area contributed by atoms with Crippen molar-refractivity contribution in [1.29, 1.82) is 0 Å². The second-order valence-electron chi connectivity index (χ2n) is 12.2. The van der Waals surface area contributed by atoms with Crippen molar-refractivity contribution < 1.29 is 47.3 Å². The number of carbonyl (C=O) groups is 2. The normalized spacial score (nSPS) is 28.7. The molecule has 0 bridgehead atoms. The maximum absolute atomic E-state index is 13.6. The zero-order valence-electron chi connectivity index (χ0n) is 26.6. The average molecular weight is 625 g/mol. The van der Waals surface area contributed by atoms with Crippen molar-refractivity contribution >= 4 is 22.8 Å². The Hall–Kier alpha value is -4.00. The third kappa shape index (κ3) is 5.14. The molecule has 2 fully saturated rings. The van der Waals surface area contributed by atoms with Crippen LogP contribution in [-0.2, 0) is 25.4 Å². The van der Waals surface area contributed by atoms with E-state index >= 15 is 0 Å². The van der Waals surface area contributed by atoms with Gasteiger partial charge < -0.3 is 38.1 Å². The Labute approximate surface area is 262 Å². The molecule has 45 heavy (non-hydrogen) atoms. The lowest BCUT2D eigenvalue weighted by atomic mass is 9.63. The summed E-state index contributed by atoms with van der Waals surface area (Å²) >= 11 is 0. The van der Waals surface area contributed by atoms with Gasteiger partial charge in [0, 0.05) is 42.8 Å². The van der Waals surface area contributed by atoms with Crippen molar-refractivity contribution in [2.24, 2.45) is 23.6 Å². The zero-order valence-corrected chi connectivity index (χ0v) is 26.6. The molecule has 12 heteroatoms. The predicted molar refractivity (Wildman–Crippen MR) is 163 cm³/mol. The number of aromatic amines is 1. The number of hydrogen-bond donors (Lipinski definition) is 2. The fourth-order valence-corrected chi connectivity index (χ4v) is 8.10. The molecule has 0 spiro atoms. The Balaban J connectivity index is 1.32. The molecule has 1 aliphatic carbocycles. The SMILES string of the molecule is COC(=O)C1C2CC3c4[nH]c5cc(OC)ccc5c4CC[N+]3(N)CC2CC(OC(=O)c2cc(OC)c(OC)c(OC)c2)C1OC. The highest BCUT2D eigenvalue weighted by molar-refractivity contribution is 5.91. The van der Waals surface area contributed by atoms with Crippen LogP contribution in [0.1, 0.15) is 40.5 Å². The predicted octanol–water partition coefficient (Wildman–Crippen LogP) is 3.56. The lowest BCUT2D eigenvalue weighted by Crippen LogP contribution is -2.68. The first-order chi connectivity index (χ1) is 21.7. The van der Waals surface area contributed by atoms with Gasteiger partial charge in [-0.1, -0.05) is 0 Å². The molecule has 3 N–H and O–H groups in total. The minimum absolute atomic E-state index is 0.00879. The van der Waals surface area contributed by atoms with E-state index in [0.29, 0.717) is 41.2 Å². The lowest BCUT2D eigenvalue weighted by molar-refractivity contribution is -0.980. The summed E-state index contributed by atoms with van der Waals surface area (Å²) in [5.74, 6) is 7.29. The molecule has 1 saturated carbocycles. The number of quaternary nitrogens is 1. The third-order valence-electron chi connectivity index (χ3n) is 10.2. The number of piperidine rings is 1. The van der Waals surface area contributed by atoms with Crippen LogP contribution in [0.15, 0.2) is 30.3 Å². The number of nitrogens with zero attached hydrogens (tertiary/aromatic N) is 1. The van der Waals surface area contributed by atoms with Gasteiger partial charge in [-0.25, -0.2) is 9.39 Å². The highest BCUT2D eigenvalue weighted by atomic mass is 16.6. The van der Waals surface area contributed by atoms with Gasteiger partial charge in [-0.15, -0.1) is 0 Å². The Kier molecular flexibility index (Phi) is 8.31. The molecule has 6 rings (SSSR count). The van der Waals surface area contributed by atoms with Gasteiger partial charge in [0.15, 0.2) is 11.5 Å². The summed E-state index contributed by atoms with van der Waals surface area (Å²) in [6, 6.07) is 9.12. The van der Waals surface area contributed by atoms with Crippen LogP contribution in [0, 0.1) is 17.8 Å². The van der Waals surface area contributed by atoms with Gasteiger partial charge >= 0.3 is 11.9 Å². The molecule has 1 aromatic heterocycles.